The minimum Gasteiger partial charge on any atom is -0.335 e. The minimum absolute atomic E-state index is 0.161. The fourth-order valence-electron chi connectivity index (χ4n) is 2.79. The van der Waals surface area contributed by atoms with E-state index in [0.29, 0.717) is 6.54 Å². The first kappa shape index (κ1) is 16.4. The Kier molecular flexibility index (Phi) is 5.89. The number of amides is 3. The molecule has 1 aliphatic rings. The highest BCUT2D eigenvalue weighted by Gasteiger charge is 2.19. The summed E-state index contributed by atoms with van der Waals surface area (Å²) in [5, 5.41) is 5.16. The lowest BCUT2D eigenvalue weighted by atomic mass is 10.2. The molecule has 120 valence electrons. The van der Waals surface area contributed by atoms with Crippen LogP contribution in [0.4, 0.5) is 9.18 Å². The van der Waals surface area contributed by atoms with Gasteiger partial charge in [0.1, 0.15) is 12.4 Å². The summed E-state index contributed by atoms with van der Waals surface area (Å²) in [6.07, 6.45) is 4.21. The molecule has 22 heavy (non-hydrogen) atoms. The van der Waals surface area contributed by atoms with Crippen molar-refractivity contribution in [3.05, 3.63) is 35.6 Å². The van der Waals surface area contributed by atoms with Crippen molar-refractivity contribution in [2.75, 3.05) is 13.6 Å². The number of carbonyl (C=O) groups is 2. The highest BCUT2D eigenvalue weighted by Crippen LogP contribution is 2.17. The zero-order chi connectivity index (χ0) is 15.9. The Hall–Kier alpha value is -1.95. The molecule has 5 nitrogen and oxygen atoms in total. The normalized spacial score (nSPS) is 16.3. The Balaban J connectivity index is 1.72. The van der Waals surface area contributed by atoms with Gasteiger partial charge in [0.2, 0.25) is 0 Å². The molecule has 1 aliphatic carbocycles. The van der Waals surface area contributed by atoms with Crippen LogP contribution in [-0.2, 0) is 11.3 Å². The molecule has 0 heterocycles. The van der Waals surface area contributed by atoms with Gasteiger partial charge in [-0.25, -0.2) is 9.18 Å². The van der Waals surface area contributed by atoms with Crippen LogP contribution in [0.3, 0.4) is 0 Å². The molecule has 3 amide bonds. The van der Waals surface area contributed by atoms with Crippen molar-refractivity contribution in [2.45, 2.75) is 38.3 Å². The average Bonchev–Trinajstić information content (AvgIpc) is 2.90. The maximum absolute atomic E-state index is 13.1. The standard InChI is InChI=1S/C16H22FN3O2/c1-20(10-12-5-4-6-13(17)9-12)11-15(21)19-16(22)18-14-7-2-3-8-14/h4-6,9,14H,2-3,7-8,10-11H2,1H3,(H2,18,19,21,22)/p+1. The number of likely N-dealkylation sites (N-methyl/N-ethyl adjacent to an activating group) is 1. The lowest BCUT2D eigenvalue weighted by Crippen LogP contribution is -3.09. The molecule has 0 spiro atoms. The second-order valence-electron chi connectivity index (χ2n) is 5.94. The van der Waals surface area contributed by atoms with Crippen molar-refractivity contribution in [3.63, 3.8) is 0 Å². The Labute approximate surface area is 129 Å². The molecule has 1 aromatic rings. The molecule has 2 rings (SSSR count). The van der Waals surface area contributed by atoms with Crippen molar-refractivity contribution in [2.24, 2.45) is 0 Å². The van der Waals surface area contributed by atoms with Gasteiger partial charge in [-0.15, -0.1) is 0 Å². The monoisotopic (exact) mass is 308 g/mol. The van der Waals surface area contributed by atoms with Crippen LogP contribution in [-0.4, -0.2) is 31.6 Å². The van der Waals surface area contributed by atoms with Crippen molar-refractivity contribution >= 4 is 11.9 Å². The second kappa shape index (κ2) is 7.89. The van der Waals surface area contributed by atoms with E-state index in [1.165, 1.54) is 12.1 Å². The summed E-state index contributed by atoms with van der Waals surface area (Å²) < 4.78 is 13.1. The number of benzene rings is 1. The Morgan fingerprint density at radius 3 is 2.73 bits per heavy atom. The van der Waals surface area contributed by atoms with Crippen molar-refractivity contribution in [1.82, 2.24) is 10.6 Å². The molecular weight excluding hydrogens is 285 g/mol. The lowest BCUT2D eigenvalue weighted by Gasteiger charge is -2.15. The molecule has 0 aromatic heterocycles. The average molecular weight is 308 g/mol. The van der Waals surface area contributed by atoms with E-state index in [4.69, 9.17) is 0 Å². The lowest BCUT2D eigenvalue weighted by molar-refractivity contribution is -0.885. The fraction of sp³-hybridized carbons (Fsp3) is 0.500. The number of urea groups is 1. The van der Waals surface area contributed by atoms with E-state index in [9.17, 15) is 14.0 Å². The minimum atomic E-state index is -0.421. The summed E-state index contributed by atoms with van der Waals surface area (Å²) in [4.78, 5) is 24.4. The van der Waals surface area contributed by atoms with Crippen molar-refractivity contribution < 1.29 is 18.9 Å². The predicted octanol–water partition coefficient (Wildman–Crippen LogP) is 0.609. The van der Waals surface area contributed by atoms with Crippen LogP contribution in [0.2, 0.25) is 0 Å². The molecule has 1 saturated carbocycles. The second-order valence-corrected chi connectivity index (χ2v) is 5.94. The highest BCUT2D eigenvalue weighted by atomic mass is 19.1. The Bertz CT molecular complexity index is 530. The summed E-state index contributed by atoms with van der Waals surface area (Å²) in [5.74, 6) is -0.616. The van der Waals surface area contributed by atoms with Gasteiger partial charge in [-0.3, -0.25) is 10.1 Å². The van der Waals surface area contributed by atoms with Crippen LogP contribution >= 0.6 is 0 Å². The van der Waals surface area contributed by atoms with E-state index < -0.39 is 6.03 Å². The molecular formula is C16H23FN3O2+. The number of nitrogens with one attached hydrogen (secondary N) is 3. The van der Waals surface area contributed by atoms with Crippen LogP contribution in [0.5, 0.6) is 0 Å². The number of carbonyl (C=O) groups excluding carboxylic acids is 2. The van der Waals surface area contributed by atoms with Crippen LogP contribution in [0, 0.1) is 5.82 Å². The van der Waals surface area contributed by atoms with Gasteiger partial charge in [0.05, 0.1) is 7.05 Å². The number of quaternary nitrogens is 1. The molecule has 6 heteroatoms. The van der Waals surface area contributed by atoms with E-state index in [1.807, 2.05) is 13.1 Å². The molecule has 1 fully saturated rings. The van der Waals surface area contributed by atoms with Crippen molar-refractivity contribution in [1.29, 1.82) is 0 Å². The third-order valence-electron chi connectivity index (χ3n) is 3.80. The van der Waals surface area contributed by atoms with Gasteiger partial charge >= 0.3 is 6.03 Å². The largest absolute Gasteiger partial charge is 0.335 e. The highest BCUT2D eigenvalue weighted by molar-refractivity contribution is 5.94. The summed E-state index contributed by atoms with van der Waals surface area (Å²) in [6.45, 7) is 0.685. The molecule has 1 unspecified atom stereocenters. The van der Waals surface area contributed by atoms with E-state index in [2.05, 4.69) is 10.6 Å². The van der Waals surface area contributed by atoms with Crippen LogP contribution in [0.25, 0.3) is 0 Å². The third kappa shape index (κ3) is 5.44. The molecule has 3 N–H and O–H groups in total. The van der Waals surface area contributed by atoms with Gasteiger partial charge < -0.3 is 10.2 Å². The third-order valence-corrected chi connectivity index (χ3v) is 3.80. The number of rotatable bonds is 5. The van der Waals surface area contributed by atoms with Gasteiger partial charge in [-0.05, 0) is 25.0 Å². The van der Waals surface area contributed by atoms with Gasteiger partial charge in [-0.2, -0.15) is 0 Å². The zero-order valence-corrected chi connectivity index (χ0v) is 12.8. The first-order valence-corrected chi connectivity index (χ1v) is 7.69. The summed E-state index contributed by atoms with van der Waals surface area (Å²) in [5.41, 5.74) is 0.820. The molecule has 0 aliphatic heterocycles. The van der Waals surface area contributed by atoms with E-state index in [0.717, 1.165) is 36.1 Å². The quantitative estimate of drug-likeness (QED) is 0.746. The first-order chi connectivity index (χ1) is 10.5. The zero-order valence-electron chi connectivity index (χ0n) is 12.8. The summed E-state index contributed by atoms with van der Waals surface area (Å²) >= 11 is 0. The van der Waals surface area contributed by atoms with Gasteiger partial charge in [0.15, 0.2) is 6.54 Å². The smallest absolute Gasteiger partial charge is 0.321 e. The van der Waals surface area contributed by atoms with Gasteiger partial charge in [0, 0.05) is 11.6 Å². The molecule has 0 bridgehead atoms. The Morgan fingerprint density at radius 2 is 2.05 bits per heavy atom. The first-order valence-electron chi connectivity index (χ1n) is 7.69. The number of hydrogen-bond acceptors (Lipinski definition) is 2. The van der Waals surface area contributed by atoms with Crippen LogP contribution in [0.1, 0.15) is 31.2 Å². The SMILES string of the molecule is C[NH+](CC(=O)NC(=O)NC1CCCC1)Cc1cccc(F)c1. The molecule has 1 aromatic carbocycles. The topological polar surface area (TPSA) is 62.6 Å². The number of hydrogen-bond donors (Lipinski definition) is 3. The fourth-order valence-corrected chi connectivity index (χ4v) is 2.79. The molecule has 1 atom stereocenters. The maximum Gasteiger partial charge on any atom is 0.321 e. The van der Waals surface area contributed by atoms with Gasteiger partial charge in [-0.1, -0.05) is 25.0 Å². The molecule has 0 saturated heterocycles. The van der Waals surface area contributed by atoms with Crippen LogP contribution in [0.15, 0.2) is 24.3 Å². The van der Waals surface area contributed by atoms with Crippen LogP contribution < -0.4 is 15.5 Å². The number of halogens is 1. The Morgan fingerprint density at radius 1 is 1.32 bits per heavy atom. The van der Waals surface area contributed by atoms with Crippen molar-refractivity contribution in [3.8, 4) is 0 Å². The maximum atomic E-state index is 13.1. The van der Waals surface area contributed by atoms with E-state index in [1.54, 1.807) is 6.07 Å². The predicted molar refractivity (Wildman–Crippen MR) is 80.8 cm³/mol. The number of imide groups is 1. The van der Waals surface area contributed by atoms with E-state index >= 15 is 0 Å². The summed E-state index contributed by atoms with van der Waals surface area (Å²) in [7, 11) is 1.83. The summed E-state index contributed by atoms with van der Waals surface area (Å²) in [6, 6.07) is 6.07. The van der Waals surface area contributed by atoms with E-state index in [-0.39, 0.29) is 24.3 Å². The van der Waals surface area contributed by atoms with Gasteiger partial charge in [0.25, 0.3) is 5.91 Å². The molecule has 0 radical (unpaired) electrons.